The van der Waals surface area contributed by atoms with E-state index in [0.717, 1.165) is 16.9 Å². The van der Waals surface area contributed by atoms with Crippen molar-refractivity contribution in [2.75, 3.05) is 35.2 Å². The minimum absolute atomic E-state index is 0.180. The zero-order valence-corrected chi connectivity index (χ0v) is 22.0. The number of nitrogens with one attached hydrogen (secondary N) is 2. The topological polar surface area (TPSA) is 167 Å². The highest BCUT2D eigenvalue weighted by Crippen LogP contribution is 2.28. The Bertz CT molecular complexity index is 1350. The number of benzene rings is 1. The first kappa shape index (κ1) is 26.7. The Morgan fingerprint density at radius 2 is 1.89 bits per heavy atom. The van der Waals surface area contributed by atoms with Crippen LogP contribution in [0.1, 0.15) is 40.7 Å². The largest absolute Gasteiger partial charge is 0.462 e. The summed E-state index contributed by atoms with van der Waals surface area (Å²) in [4.78, 5) is 28.0. The van der Waals surface area contributed by atoms with E-state index in [1.54, 1.807) is 32.0 Å². The van der Waals surface area contributed by atoms with Crippen LogP contribution in [0, 0.1) is 6.92 Å². The molecule has 0 aliphatic carbocycles. The van der Waals surface area contributed by atoms with Gasteiger partial charge in [0.1, 0.15) is 16.5 Å². The monoisotopic (exact) mass is 548 g/mol. The minimum atomic E-state index is -4.26. The first-order chi connectivity index (χ1) is 17.6. The van der Waals surface area contributed by atoms with Gasteiger partial charge in [-0.25, -0.2) is 9.78 Å². The lowest BCUT2D eigenvalue weighted by molar-refractivity contribution is 0.0531. The molecule has 1 aromatic carbocycles. The van der Waals surface area contributed by atoms with E-state index in [9.17, 15) is 18.3 Å². The van der Waals surface area contributed by atoms with Crippen molar-refractivity contribution in [2.24, 2.45) is 0 Å². The highest BCUT2D eigenvalue weighted by atomic mass is 32.2. The number of carbonyl (C=O) groups excluding carboxylic acids is 1. The van der Waals surface area contributed by atoms with Gasteiger partial charge in [-0.05, 0) is 44.4 Å². The lowest BCUT2D eigenvalue weighted by atomic mass is 10.1. The third kappa shape index (κ3) is 6.91. The van der Waals surface area contributed by atoms with E-state index in [4.69, 9.17) is 9.29 Å². The van der Waals surface area contributed by atoms with Gasteiger partial charge in [-0.3, -0.25) is 9.87 Å². The van der Waals surface area contributed by atoms with Crippen LogP contribution in [0.25, 0.3) is 0 Å². The molecule has 0 atom stereocenters. The molecule has 2 aromatic heterocycles. The normalized spacial score (nSPS) is 14.4. The molecule has 0 saturated carbocycles. The Hall–Kier alpha value is -3.33. The number of aromatic nitrogens is 3. The number of nitrogens with zero attached hydrogens (tertiary/aromatic N) is 4. The average molecular weight is 549 g/mol. The molecule has 0 amide bonds. The predicted molar refractivity (Wildman–Crippen MR) is 139 cm³/mol. The van der Waals surface area contributed by atoms with E-state index in [2.05, 4.69) is 30.5 Å². The molecule has 1 aliphatic heterocycles. The van der Waals surface area contributed by atoms with Crippen LogP contribution in [0.5, 0.6) is 0 Å². The van der Waals surface area contributed by atoms with Crippen LogP contribution in [0.15, 0.2) is 35.2 Å². The van der Waals surface area contributed by atoms with Gasteiger partial charge < -0.3 is 20.1 Å². The fraction of sp³-hybridized carbons (Fsp3) is 0.391. The average Bonchev–Trinajstić information content (AvgIpc) is 3.22. The number of esters is 1. The maximum Gasteiger partial charge on any atom is 0.350 e. The lowest BCUT2D eigenvalue weighted by Crippen LogP contribution is -2.36. The highest BCUT2D eigenvalue weighted by molar-refractivity contribution is 7.85. The van der Waals surface area contributed by atoms with Gasteiger partial charge in [0.15, 0.2) is 5.13 Å². The van der Waals surface area contributed by atoms with Crippen LogP contribution in [0.2, 0.25) is 0 Å². The summed E-state index contributed by atoms with van der Waals surface area (Å²) in [5, 5.41) is 16.6. The first-order valence-corrected chi connectivity index (χ1v) is 13.9. The molecule has 3 heterocycles. The zero-order valence-electron chi connectivity index (χ0n) is 20.3. The summed E-state index contributed by atoms with van der Waals surface area (Å²) in [6.07, 6.45) is 0.924. The van der Waals surface area contributed by atoms with Crippen LogP contribution >= 0.6 is 11.3 Å². The summed E-state index contributed by atoms with van der Waals surface area (Å²) in [5.41, 5.74) is 1.32. The molecule has 0 radical (unpaired) electrons. The van der Waals surface area contributed by atoms with Gasteiger partial charge >= 0.3 is 5.97 Å². The van der Waals surface area contributed by atoms with E-state index >= 15 is 0 Å². The summed E-state index contributed by atoms with van der Waals surface area (Å²) in [5.74, 6) is 1.01. The molecule has 37 heavy (non-hydrogen) atoms. The van der Waals surface area contributed by atoms with E-state index in [0.29, 0.717) is 59.8 Å². The molecule has 0 spiro atoms. The van der Waals surface area contributed by atoms with Crippen molar-refractivity contribution < 1.29 is 27.6 Å². The van der Waals surface area contributed by atoms with Crippen LogP contribution in [-0.4, -0.2) is 64.8 Å². The fourth-order valence-electron chi connectivity index (χ4n) is 3.74. The van der Waals surface area contributed by atoms with Crippen molar-refractivity contribution in [3.8, 4) is 0 Å². The Balaban J connectivity index is 1.56. The van der Waals surface area contributed by atoms with Crippen LogP contribution in [-0.2, 0) is 21.4 Å². The van der Waals surface area contributed by atoms with Crippen molar-refractivity contribution in [1.82, 2.24) is 15.0 Å². The van der Waals surface area contributed by atoms with E-state index in [-0.39, 0.29) is 23.6 Å². The number of carbonyl (C=O) groups is 1. The Morgan fingerprint density at radius 1 is 1.19 bits per heavy atom. The Labute approximate surface area is 218 Å². The number of rotatable bonds is 9. The number of anilines is 4. The van der Waals surface area contributed by atoms with Crippen LogP contribution < -0.4 is 15.5 Å². The zero-order chi connectivity index (χ0) is 26.6. The summed E-state index contributed by atoms with van der Waals surface area (Å²) in [7, 11) is -4.26. The second-order valence-corrected chi connectivity index (χ2v) is 10.8. The quantitative estimate of drug-likeness (QED) is 0.228. The van der Waals surface area contributed by atoms with E-state index in [1.807, 2.05) is 0 Å². The van der Waals surface area contributed by atoms with E-state index in [1.165, 1.54) is 12.1 Å². The lowest BCUT2D eigenvalue weighted by Gasteiger charge is -2.30. The third-order valence-electron chi connectivity index (χ3n) is 5.67. The molecule has 14 heteroatoms. The molecule has 1 fully saturated rings. The second-order valence-electron chi connectivity index (χ2n) is 8.40. The van der Waals surface area contributed by atoms with Gasteiger partial charge in [-0.2, -0.15) is 18.4 Å². The van der Waals surface area contributed by atoms with Gasteiger partial charge in [0.2, 0.25) is 5.95 Å². The maximum atomic E-state index is 12.2. The SMILES string of the molecule is CCOC(=O)c1sc(Nc2nc(NCc3ccc(S(=O)(=O)O)cc3)cc(N3CCC(O)CC3)n2)nc1C. The molecule has 3 aromatic rings. The van der Waals surface area contributed by atoms with E-state index < -0.39 is 16.1 Å². The molecule has 0 unspecified atom stereocenters. The standard InChI is InChI=1S/C23H28N6O6S2/c1-3-35-21(31)20-14(2)25-23(36-20)28-22-26-18(12-19(27-22)29-10-8-16(30)9-11-29)24-13-15-4-6-17(7-5-15)37(32,33)34/h4-7,12,16,30H,3,8-11,13H2,1-2H3,(H,32,33,34)(H2,24,25,26,27,28). The van der Waals surface area contributed by atoms with Gasteiger partial charge in [0.25, 0.3) is 10.1 Å². The number of piperidine rings is 1. The molecule has 4 N–H and O–H groups in total. The molecule has 0 bridgehead atoms. The molecular formula is C23H28N6O6S2. The highest BCUT2D eigenvalue weighted by Gasteiger charge is 2.21. The molecule has 4 rings (SSSR count). The summed E-state index contributed by atoms with van der Waals surface area (Å²) in [6, 6.07) is 7.65. The fourth-order valence-corrected chi connectivity index (χ4v) is 5.08. The summed E-state index contributed by atoms with van der Waals surface area (Å²) >= 11 is 1.15. The van der Waals surface area contributed by atoms with Crippen LogP contribution in [0.4, 0.5) is 22.7 Å². The number of hydrogen-bond donors (Lipinski definition) is 4. The molecule has 198 valence electrons. The Kier molecular flexibility index (Phi) is 8.22. The number of aliphatic hydroxyl groups is 1. The predicted octanol–water partition coefficient (Wildman–Crippen LogP) is 2.98. The van der Waals surface area contributed by atoms with Gasteiger partial charge in [0, 0.05) is 25.7 Å². The number of aryl methyl sites for hydroxylation is 1. The number of aliphatic hydroxyl groups excluding tert-OH is 1. The van der Waals surface area contributed by atoms with Crippen molar-refractivity contribution in [3.63, 3.8) is 0 Å². The van der Waals surface area contributed by atoms with Gasteiger partial charge in [0.05, 0.1) is 23.3 Å². The van der Waals surface area contributed by atoms with Crippen molar-refractivity contribution in [2.45, 2.75) is 44.2 Å². The summed E-state index contributed by atoms with van der Waals surface area (Å²) < 4.78 is 36.8. The van der Waals surface area contributed by atoms with Gasteiger partial charge in [-0.1, -0.05) is 23.5 Å². The first-order valence-electron chi connectivity index (χ1n) is 11.7. The molecule has 1 aliphatic rings. The number of hydrogen-bond acceptors (Lipinski definition) is 12. The van der Waals surface area contributed by atoms with Crippen LogP contribution in [0.3, 0.4) is 0 Å². The number of thiazole rings is 1. The molecular weight excluding hydrogens is 520 g/mol. The van der Waals surface area contributed by atoms with Crippen molar-refractivity contribution >= 4 is 50.1 Å². The third-order valence-corrected chi connectivity index (χ3v) is 7.59. The van der Waals surface area contributed by atoms with Gasteiger partial charge in [-0.15, -0.1) is 0 Å². The Morgan fingerprint density at radius 3 is 2.54 bits per heavy atom. The maximum absolute atomic E-state index is 12.2. The second kappa shape index (κ2) is 11.4. The van der Waals surface area contributed by atoms with Crippen molar-refractivity contribution in [1.29, 1.82) is 0 Å². The minimum Gasteiger partial charge on any atom is -0.462 e. The van der Waals surface area contributed by atoms with Crippen molar-refractivity contribution in [3.05, 3.63) is 46.5 Å². The number of ether oxygens (including phenoxy) is 1. The molecule has 12 nitrogen and oxygen atoms in total. The summed E-state index contributed by atoms with van der Waals surface area (Å²) in [6.45, 7) is 5.34. The molecule has 1 saturated heterocycles. The smallest absolute Gasteiger partial charge is 0.350 e.